The van der Waals surface area contributed by atoms with Crippen molar-refractivity contribution >= 4 is 27.6 Å². The maximum absolute atomic E-state index is 12.8. The third-order valence-electron chi connectivity index (χ3n) is 5.25. The van der Waals surface area contributed by atoms with Crippen LogP contribution < -0.4 is 0 Å². The smallest absolute Gasteiger partial charge is 0.289 e. The van der Waals surface area contributed by atoms with Crippen LogP contribution in [0.15, 0.2) is 77.2 Å². The zero-order chi connectivity index (χ0) is 17.5. The van der Waals surface area contributed by atoms with Crippen molar-refractivity contribution in [2.24, 2.45) is 5.92 Å². The molecular formula is C23H19NO2. The molecule has 3 aromatic carbocycles. The lowest BCUT2D eigenvalue weighted by Crippen LogP contribution is -2.50. The minimum atomic E-state index is -0.00501. The van der Waals surface area contributed by atoms with Crippen LogP contribution >= 0.6 is 0 Å². The van der Waals surface area contributed by atoms with Crippen LogP contribution in [0.4, 0.5) is 0 Å². The minimum absolute atomic E-state index is 0.00501. The molecule has 26 heavy (non-hydrogen) atoms. The Labute approximate surface area is 151 Å². The molecule has 0 spiro atoms. The van der Waals surface area contributed by atoms with Crippen molar-refractivity contribution in [3.05, 3.63) is 84.1 Å². The highest BCUT2D eigenvalue weighted by Gasteiger charge is 2.32. The maximum Gasteiger partial charge on any atom is 0.289 e. The molecule has 0 saturated carbocycles. The summed E-state index contributed by atoms with van der Waals surface area (Å²) >= 11 is 0. The average Bonchev–Trinajstić information content (AvgIpc) is 3.09. The molecule has 1 saturated heterocycles. The molecular weight excluding hydrogens is 322 g/mol. The summed E-state index contributed by atoms with van der Waals surface area (Å²) in [6.45, 7) is 1.59. The van der Waals surface area contributed by atoms with E-state index in [-0.39, 0.29) is 5.91 Å². The van der Waals surface area contributed by atoms with Gasteiger partial charge in [0.25, 0.3) is 5.91 Å². The normalized spacial score (nSPS) is 14.7. The second-order valence-corrected chi connectivity index (χ2v) is 7.08. The van der Waals surface area contributed by atoms with Crippen LogP contribution in [0.1, 0.15) is 16.1 Å². The van der Waals surface area contributed by atoms with Crippen molar-refractivity contribution in [2.75, 3.05) is 13.1 Å². The van der Waals surface area contributed by atoms with Gasteiger partial charge in [-0.05, 0) is 40.8 Å². The predicted molar refractivity (Wildman–Crippen MR) is 103 cm³/mol. The van der Waals surface area contributed by atoms with Gasteiger partial charge in [-0.1, -0.05) is 60.7 Å². The molecule has 1 aliphatic rings. The van der Waals surface area contributed by atoms with E-state index in [0.717, 1.165) is 41.3 Å². The van der Waals surface area contributed by atoms with E-state index in [1.54, 1.807) is 0 Å². The number of fused-ring (bicyclic) bond motifs is 3. The molecule has 5 rings (SSSR count). The second-order valence-electron chi connectivity index (χ2n) is 7.08. The molecule has 1 aromatic heterocycles. The summed E-state index contributed by atoms with van der Waals surface area (Å²) in [6, 6.07) is 24.5. The van der Waals surface area contributed by atoms with Crippen LogP contribution in [-0.4, -0.2) is 23.9 Å². The lowest BCUT2D eigenvalue weighted by atomic mass is 9.92. The summed E-state index contributed by atoms with van der Waals surface area (Å²) in [5.74, 6) is 0.968. The van der Waals surface area contributed by atoms with E-state index >= 15 is 0 Å². The number of carbonyl (C=O) groups is 1. The Morgan fingerprint density at radius 1 is 0.923 bits per heavy atom. The molecule has 128 valence electrons. The summed E-state index contributed by atoms with van der Waals surface area (Å²) in [5.41, 5.74) is 2.10. The summed E-state index contributed by atoms with van der Waals surface area (Å²) < 4.78 is 5.86. The first-order valence-corrected chi connectivity index (χ1v) is 9.02. The number of carbonyl (C=O) groups excluding carboxylic acids is 1. The number of hydrogen-bond donors (Lipinski definition) is 0. The van der Waals surface area contributed by atoms with Crippen molar-refractivity contribution in [1.29, 1.82) is 0 Å². The van der Waals surface area contributed by atoms with Crippen LogP contribution in [-0.2, 0) is 6.42 Å². The van der Waals surface area contributed by atoms with Gasteiger partial charge >= 0.3 is 0 Å². The van der Waals surface area contributed by atoms with Gasteiger partial charge in [-0.25, -0.2) is 0 Å². The van der Waals surface area contributed by atoms with E-state index in [1.807, 2.05) is 41.3 Å². The molecule has 1 fully saturated rings. The van der Waals surface area contributed by atoms with Crippen LogP contribution in [0.25, 0.3) is 21.7 Å². The van der Waals surface area contributed by atoms with E-state index < -0.39 is 0 Å². The highest BCUT2D eigenvalue weighted by Crippen LogP contribution is 2.30. The van der Waals surface area contributed by atoms with Crippen molar-refractivity contribution in [1.82, 2.24) is 4.90 Å². The van der Waals surface area contributed by atoms with Gasteiger partial charge in [-0.2, -0.15) is 0 Å². The summed E-state index contributed by atoms with van der Waals surface area (Å²) in [6.07, 6.45) is 1.02. The number of hydrogen-bond acceptors (Lipinski definition) is 2. The number of nitrogens with zero attached hydrogens (tertiary/aromatic N) is 1. The van der Waals surface area contributed by atoms with Gasteiger partial charge in [0.2, 0.25) is 0 Å². The molecule has 3 heteroatoms. The summed E-state index contributed by atoms with van der Waals surface area (Å²) in [5, 5.41) is 3.29. The van der Waals surface area contributed by atoms with E-state index in [2.05, 4.69) is 36.4 Å². The number of furan rings is 1. The van der Waals surface area contributed by atoms with Crippen molar-refractivity contribution < 1.29 is 9.21 Å². The lowest BCUT2D eigenvalue weighted by Gasteiger charge is -2.38. The SMILES string of the molecule is O=C(c1cc2c(ccc3ccccc32)o1)N1CC(Cc2ccccc2)C1. The zero-order valence-corrected chi connectivity index (χ0v) is 14.4. The van der Waals surface area contributed by atoms with E-state index in [0.29, 0.717) is 11.7 Å². The van der Waals surface area contributed by atoms with E-state index in [4.69, 9.17) is 4.42 Å². The fourth-order valence-corrected chi connectivity index (χ4v) is 3.87. The molecule has 2 heterocycles. The van der Waals surface area contributed by atoms with Gasteiger partial charge in [0.05, 0.1) is 0 Å². The second kappa shape index (κ2) is 6.03. The Balaban J connectivity index is 1.34. The Kier molecular flexibility index (Phi) is 3.52. The highest BCUT2D eigenvalue weighted by atomic mass is 16.3. The summed E-state index contributed by atoms with van der Waals surface area (Å²) in [7, 11) is 0. The Morgan fingerprint density at radius 2 is 1.69 bits per heavy atom. The Morgan fingerprint density at radius 3 is 2.54 bits per heavy atom. The van der Waals surface area contributed by atoms with Gasteiger partial charge in [-0.3, -0.25) is 4.79 Å². The molecule has 0 aliphatic carbocycles. The van der Waals surface area contributed by atoms with Crippen LogP contribution in [0, 0.1) is 5.92 Å². The molecule has 0 atom stereocenters. The third kappa shape index (κ3) is 2.57. The fourth-order valence-electron chi connectivity index (χ4n) is 3.87. The minimum Gasteiger partial charge on any atom is -0.451 e. The molecule has 0 unspecified atom stereocenters. The largest absolute Gasteiger partial charge is 0.451 e. The molecule has 4 aromatic rings. The van der Waals surface area contributed by atoms with E-state index in [9.17, 15) is 4.79 Å². The molecule has 3 nitrogen and oxygen atoms in total. The fraction of sp³-hybridized carbons (Fsp3) is 0.174. The van der Waals surface area contributed by atoms with Gasteiger partial charge in [0, 0.05) is 18.5 Å². The van der Waals surface area contributed by atoms with Gasteiger partial charge < -0.3 is 9.32 Å². The zero-order valence-electron chi connectivity index (χ0n) is 14.4. The number of rotatable bonds is 3. The first kappa shape index (κ1) is 15.2. The molecule has 0 bridgehead atoms. The standard InChI is InChI=1S/C23H19NO2/c25-23(24-14-17(15-24)12-16-6-2-1-3-7-16)22-13-20-19-9-5-4-8-18(19)10-11-21(20)26-22/h1-11,13,17H,12,14-15H2. The average molecular weight is 341 g/mol. The highest BCUT2D eigenvalue weighted by molar-refractivity contribution is 6.08. The monoisotopic (exact) mass is 341 g/mol. The van der Waals surface area contributed by atoms with Gasteiger partial charge in [0.15, 0.2) is 5.76 Å². The molecule has 0 N–H and O–H groups in total. The maximum atomic E-state index is 12.8. The first-order valence-electron chi connectivity index (χ1n) is 9.02. The van der Waals surface area contributed by atoms with E-state index in [1.165, 1.54) is 5.56 Å². The number of benzene rings is 3. The van der Waals surface area contributed by atoms with Gasteiger partial charge in [-0.15, -0.1) is 0 Å². The number of amides is 1. The van der Waals surface area contributed by atoms with Crippen molar-refractivity contribution in [3.8, 4) is 0 Å². The lowest BCUT2D eigenvalue weighted by molar-refractivity contribution is 0.0471. The first-order chi connectivity index (χ1) is 12.8. The quantitative estimate of drug-likeness (QED) is 0.531. The Bertz CT molecular complexity index is 1090. The topological polar surface area (TPSA) is 33.5 Å². The molecule has 0 radical (unpaired) electrons. The van der Waals surface area contributed by atoms with Crippen LogP contribution in [0.3, 0.4) is 0 Å². The molecule has 1 amide bonds. The van der Waals surface area contributed by atoms with Crippen LogP contribution in [0.5, 0.6) is 0 Å². The van der Waals surface area contributed by atoms with Crippen LogP contribution in [0.2, 0.25) is 0 Å². The summed E-state index contributed by atoms with van der Waals surface area (Å²) in [4.78, 5) is 14.6. The van der Waals surface area contributed by atoms with Crippen molar-refractivity contribution in [2.45, 2.75) is 6.42 Å². The van der Waals surface area contributed by atoms with Gasteiger partial charge in [0.1, 0.15) is 5.58 Å². The Hall–Kier alpha value is -3.07. The number of likely N-dealkylation sites (tertiary alicyclic amines) is 1. The predicted octanol–water partition coefficient (Wildman–Crippen LogP) is 4.90. The van der Waals surface area contributed by atoms with Crippen molar-refractivity contribution in [3.63, 3.8) is 0 Å². The third-order valence-corrected chi connectivity index (χ3v) is 5.25. The molecule has 1 aliphatic heterocycles.